The third-order valence-corrected chi connectivity index (χ3v) is 2.52. The molecule has 0 aliphatic rings. The first-order valence-corrected chi connectivity index (χ1v) is 5.13. The van der Waals surface area contributed by atoms with Crippen molar-refractivity contribution in [2.45, 2.75) is 5.88 Å². The fraction of sp³-hybridized carbons (Fsp3) is 0.0833. The zero-order valence-corrected chi connectivity index (χ0v) is 8.78. The zero-order chi connectivity index (χ0) is 10.7. The number of nitrogens with zero attached hydrogens (tertiary/aromatic N) is 1. The maximum Gasteiger partial charge on any atom is 0.138 e. The van der Waals surface area contributed by atoms with Crippen LogP contribution in [0.1, 0.15) is 5.56 Å². The van der Waals surface area contributed by atoms with E-state index >= 15 is 0 Å². The Labute approximate surface area is 93.2 Å². The third-order valence-electron chi connectivity index (χ3n) is 2.25. The fourth-order valence-corrected chi connectivity index (χ4v) is 1.76. The van der Waals surface area contributed by atoms with Crippen LogP contribution in [0.15, 0.2) is 42.7 Å². The van der Waals surface area contributed by atoms with Crippen molar-refractivity contribution >= 4 is 11.6 Å². The van der Waals surface area contributed by atoms with Gasteiger partial charge in [-0.15, -0.1) is 11.6 Å². The Bertz CT molecular complexity index is 456. The molecule has 0 amide bonds. The van der Waals surface area contributed by atoms with Gasteiger partial charge in [0.2, 0.25) is 0 Å². The molecule has 0 aliphatic heterocycles. The monoisotopic (exact) mass is 219 g/mol. The number of rotatable bonds is 2. The van der Waals surface area contributed by atoms with Gasteiger partial charge in [0.25, 0.3) is 0 Å². The van der Waals surface area contributed by atoms with Crippen LogP contribution in [0.4, 0.5) is 0 Å². The van der Waals surface area contributed by atoms with Gasteiger partial charge in [-0.2, -0.15) is 0 Å². The van der Waals surface area contributed by atoms with Crippen LogP contribution in [-0.2, 0) is 5.88 Å². The van der Waals surface area contributed by atoms with Gasteiger partial charge in [-0.3, -0.25) is 4.98 Å². The van der Waals surface area contributed by atoms with E-state index in [1.54, 1.807) is 6.20 Å². The first kappa shape index (κ1) is 9.99. The maximum absolute atomic E-state index is 9.61. The van der Waals surface area contributed by atoms with E-state index in [9.17, 15) is 5.11 Å². The normalized spacial score (nSPS) is 10.2. The number of aromatic hydroxyl groups is 1. The van der Waals surface area contributed by atoms with Gasteiger partial charge in [0.05, 0.1) is 12.1 Å². The summed E-state index contributed by atoms with van der Waals surface area (Å²) in [6, 6.07) is 9.76. The van der Waals surface area contributed by atoms with E-state index in [1.165, 1.54) is 6.20 Å². The SMILES string of the molecule is Oc1cncc(-c2ccccc2)c1CCl. The summed E-state index contributed by atoms with van der Waals surface area (Å²) >= 11 is 5.80. The summed E-state index contributed by atoms with van der Waals surface area (Å²) in [5.41, 5.74) is 2.61. The van der Waals surface area contributed by atoms with Gasteiger partial charge in [0, 0.05) is 17.3 Å². The van der Waals surface area contributed by atoms with E-state index in [0.29, 0.717) is 0 Å². The van der Waals surface area contributed by atoms with E-state index in [-0.39, 0.29) is 11.6 Å². The highest BCUT2D eigenvalue weighted by Crippen LogP contribution is 2.29. The lowest BCUT2D eigenvalue weighted by atomic mass is 10.0. The lowest BCUT2D eigenvalue weighted by molar-refractivity contribution is 0.468. The molecule has 2 nitrogen and oxygen atoms in total. The second-order valence-corrected chi connectivity index (χ2v) is 3.45. The smallest absolute Gasteiger partial charge is 0.138 e. The predicted molar refractivity (Wildman–Crippen MR) is 60.9 cm³/mol. The van der Waals surface area contributed by atoms with Crippen LogP contribution in [0.5, 0.6) is 5.75 Å². The molecule has 0 spiro atoms. The van der Waals surface area contributed by atoms with Crippen molar-refractivity contribution in [1.82, 2.24) is 4.98 Å². The Hall–Kier alpha value is -1.54. The van der Waals surface area contributed by atoms with Gasteiger partial charge in [-0.1, -0.05) is 30.3 Å². The van der Waals surface area contributed by atoms with Crippen molar-refractivity contribution in [3.63, 3.8) is 0 Å². The number of aromatic nitrogens is 1. The lowest BCUT2D eigenvalue weighted by Crippen LogP contribution is -1.88. The van der Waals surface area contributed by atoms with Gasteiger partial charge in [0.15, 0.2) is 0 Å². The van der Waals surface area contributed by atoms with E-state index in [1.807, 2.05) is 30.3 Å². The average molecular weight is 220 g/mol. The largest absolute Gasteiger partial charge is 0.506 e. The number of pyridine rings is 1. The summed E-state index contributed by atoms with van der Waals surface area (Å²) in [7, 11) is 0. The van der Waals surface area contributed by atoms with Crippen molar-refractivity contribution < 1.29 is 5.11 Å². The summed E-state index contributed by atoms with van der Waals surface area (Å²) in [6.45, 7) is 0. The minimum absolute atomic E-state index is 0.145. The van der Waals surface area contributed by atoms with Gasteiger partial charge >= 0.3 is 0 Å². The average Bonchev–Trinajstić information content (AvgIpc) is 2.30. The van der Waals surface area contributed by atoms with Crippen LogP contribution in [0.25, 0.3) is 11.1 Å². The molecule has 0 aliphatic carbocycles. The first-order chi connectivity index (χ1) is 7.33. The van der Waals surface area contributed by atoms with Gasteiger partial charge < -0.3 is 5.11 Å². The van der Waals surface area contributed by atoms with Crippen LogP contribution in [0.2, 0.25) is 0 Å². The highest BCUT2D eigenvalue weighted by Gasteiger charge is 2.08. The molecule has 15 heavy (non-hydrogen) atoms. The highest BCUT2D eigenvalue weighted by molar-refractivity contribution is 6.17. The molecule has 1 N–H and O–H groups in total. The Kier molecular flexibility index (Phi) is 2.88. The Balaban J connectivity index is 2.58. The van der Waals surface area contributed by atoms with Crippen LogP contribution in [0, 0.1) is 0 Å². The number of halogens is 1. The van der Waals surface area contributed by atoms with Crippen molar-refractivity contribution in [1.29, 1.82) is 0 Å². The van der Waals surface area contributed by atoms with Gasteiger partial charge in [-0.05, 0) is 5.56 Å². The fourth-order valence-electron chi connectivity index (χ4n) is 1.48. The molecule has 0 radical (unpaired) electrons. The molecule has 2 aromatic rings. The minimum atomic E-state index is 0.145. The van der Waals surface area contributed by atoms with Crippen molar-refractivity contribution in [3.05, 3.63) is 48.3 Å². The van der Waals surface area contributed by atoms with Crippen LogP contribution < -0.4 is 0 Å². The summed E-state index contributed by atoms with van der Waals surface area (Å²) in [5, 5.41) is 9.61. The number of alkyl halides is 1. The molecule has 76 valence electrons. The molecular weight excluding hydrogens is 210 g/mol. The standard InChI is InChI=1S/C12H10ClNO/c13-6-10-11(7-14-8-12(10)15)9-4-2-1-3-5-9/h1-5,7-8,15H,6H2. The van der Waals surface area contributed by atoms with Crippen LogP contribution in [-0.4, -0.2) is 10.1 Å². The van der Waals surface area contributed by atoms with E-state index in [4.69, 9.17) is 11.6 Å². The van der Waals surface area contributed by atoms with Gasteiger partial charge in [-0.25, -0.2) is 0 Å². The van der Waals surface area contributed by atoms with Gasteiger partial charge in [0.1, 0.15) is 5.75 Å². The summed E-state index contributed by atoms with van der Waals surface area (Å²) in [4.78, 5) is 3.96. The third kappa shape index (κ3) is 1.95. The zero-order valence-electron chi connectivity index (χ0n) is 8.02. The minimum Gasteiger partial charge on any atom is -0.506 e. The highest BCUT2D eigenvalue weighted by atomic mass is 35.5. The van der Waals surface area contributed by atoms with Crippen molar-refractivity contribution in [3.8, 4) is 16.9 Å². The molecule has 1 aromatic heterocycles. The summed E-state index contributed by atoms with van der Waals surface area (Å²) in [6.07, 6.45) is 3.12. The van der Waals surface area contributed by atoms with E-state index in [2.05, 4.69) is 4.98 Å². The van der Waals surface area contributed by atoms with Crippen molar-refractivity contribution in [2.24, 2.45) is 0 Å². The number of hydrogen-bond acceptors (Lipinski definition) is 2. The molecule has 0 saturated carbocycles. The lowest BCUT2D eigenvalue weighted by Gasteiger charge is -2.07. The maximum atomic E-state index is 9.61. The molecule has 0 atom stereocenters. The Morgan fingerprint density at radius 2 is 1.87 bits per heavy atom. The molecular formula is C12H10ClNO. The molecule has 0 unspecified atom stereocenters. The molecule has 0 bridgehead atoms. The summed E-state index contributed by atoms with van der Waals surface area (Å²) in [5.74, 6) is 0.421. The molecule has 2 rings (SSSR count). The predicted octanol–water partition coefficient (Wildman–Crippen LogP) is 3.19. The molecule has 0 saturated heterocycles. The first-order valence-electron chi connectivity index (χ1n) is 4.60. The molecule has 1 aromatic carbocycles. The van der Waals surface area contributed by atoms with E-state index < -0.39 is 0 Å². The number of hydrogen-bond donors (Lipinski definition) is 1. The van der Waals surface area contributed by atoms with E-state index in [0.717, 1.165) is 16.7 Å². The Morgan fingerprint density at radius 1 is 1.13 bits per heavy atom. The molecule has 0 fully saturated rings. The Morgan fingerprint density at radius 3 is 2.53 bits per heavy atom. The van der Waals surface area contributed by atoms with Crippen LogP contribution >= 0.6 is 11.6 Å². The quantitative estimate of drug-likeness (QED) is 0.787. The van der Waals surface area contributed by atoms with Crippen LogP contribution in [0.3, 0.4) is 0 Å². The molecule has 1 heterocycles. The topological polar surface area (TPSA) is 33.1 Å². The second-order valence-electron chi connectivity index (χ2n) is 3.18. The second kappa shape index (κ2) is 4.32. The molecule has 3 heteroatoms. The summed E-state index contributed by atoms with van der Waals surface area (Å²) < 4.78 is 0. The van der Waals surface area contributed by atoms with Crippen molar-refractivity contribution in [2.75, 3.05) is 0 Å². The number of benzene rings is 1.